The van der Waals surface area contributed by atoms with Crippen LogP contribution in [0.1, 0.15) is 34.1 Å². The van der Waals surface area contributed by atoms with Crippen molar-refractivity contribution >= 4 is 29.1 Å². The summed E-state index contributed by atoms with van der Waals surface area (Å²) >= 11 is 1.09. The summed E-state index contributed by atoms with van der Waals surface area (Å²) in [6, 6.07) is 5.24. The van der Waals surface area contributed by atoms with Gasteiger partial charge >= 0.3 is 5.97 Å². The average molecular weight is 393 g/mol. The molecule has 0 fully saturated rings. The highest BCUT2D eigenvalue weighted by Crippen LogP contribution is 2.20. The van der Waals surface area contributed by atoms with Crippen molar-refractivity contribution in [1.29, 1.82) is 0 Å². The van der Waals surface area contributed by atoms with Gasteiger partial charge in [-0.3, -0.25) is 9.59 Å². The van der Waals surface area contributed by atoms with E-state index in [4.69, 9.17) is 0 Å². The molecule has 2 aromatic rings. The summed E-state index contributed by atoms with van der Waals surface area (Å²) in [5.74, 6) is -2.26. The molecule has 0 saturated carbocycles. The molecule has 1 atom stereocenters. The van der Waals surface area contributed by atoms with E-state index >= 15 is 0 Å². The van der Waals surface area contributed by atoms with Crippen molar-refractivity contribution in [1.82, 2.24) is 15.2 Å². The number of halogens is 1. The number of hydrogen-bond acceptors (Lipinski definition) is 5. The van der Waals surface area contributed by atoms with Gasteiger partial charge in [-0.25, -0.2) is 14.2 Å². The monoisotopic (exact) mass is 393 g/mol. The van der Waals surface area contributed by atoms with Crippen LogP contribution in [0.5, 0.6) is 0 Å². The van der Waals surface area contributed by atoms with E-state index < -0.39 is 17.9 Å². The Morgan fingerprint density at radius 2 is 2.04 bits per heavy atom. The zero-order valence-corrected chi connectivity index (χ0v) is 15.8. The van der Waals surface area contributed by atoms with Crippen LogP contribution in [-0.4, -0.2) is 51.9 Å². The Morgan fingerprint density at radius 1 is 1.33 bits per heavy atom. The zero-order valence-electron chi connectivity index (χ0n) is 14.9. The van der Waals surface area contributed by atoms with Crippen LogP contribution < -0.4 is 5.32 Å². The van der Waals surface area contributed by atoms with Crippen LogP contribution in [0.25, 0.3) is 0 Å². The summed E-state index contributed by atoms with van der Waals surface area (Å²) in [5.41, 5.74) is 0.465. The molecule has 0 radical (unpaired) electrons. The third-order valence-electron chi connectivity index (χ3n) is 3.88. The van der Waals surface area contributed by atoms with Gasteiger partial charge in [0, 0.05) is 26.4 Å². The number of benzene rings is 1. The predicted octanol–water partition coefficient (Wildman–Crippen LogP) is 1.92. The Labute approximate surface area is 159 Å². The molecule has 1 aromatic heterocycles. The van der Waals surface area contributed by atoms with Crippen LogP contribution >= 0.6 is 11.3 Å². The molecule has 0 aliphatic carbocycles. The molecule has 0 aliphatic rings. The van der Waals surface area contributed by atoms with Gasteiger partial charge in [-0.05, 0) is 18.6 Å². The number of carbonyl (C=O) groups is 3. The molecule has 1 aromatic carbocycles. The Bertz CT molecular complexity index is 840. The fourth-order valence-electron chi connectivity index (χ4n) is 2.39. The summed E-state index contributed by atoms with van der Waals surface area (Å²) in [4.78, 5) is 40.7. The highest BCUT2D eigenvalue weighted by Gasteiger charge is 2.27. The summed E-state index contributed by atoms with van der Waals surface area (Å²) in [7, 11) is 0. The van der Waals surface area contributed by atoms with Crippen LogP contribution in [0.3, 0.4) is 0 Å². The van der Waals surface area contributed by atoms with E-state index in [1.54, 1.807) is 18.2 Å². The number of nitrogens with one attached hydrogen (secondary N) is 1. The molecule has 2 N–H and O–H groups in total. The Kier molecular flexibility index (Phi) is 7.00. The van der Waals surface area contributed by atoms with Crippen LogP contribution in [0, 0.1) is 5.82 Å². The maximum absolute atomic E-state index is 13.8. The molecule has 9 heteroatoms. The highest BCUT2D eigenvalue weighted by molar-refractivity contribution is 7.13. The second kappa shape index (κ2) is 9.22. The van der Waals surface area contributed by atoms with E-state index in [-0.39, 0.29) is 36.1 Å². The predicted molar refractivity (Wildman–Crippen MR) is 98.1 cm³/mol. The Morgan fingerprint density at radius 3 is 2.67 bits per heavy atom. The van der Waals surface area contributed by atoms with E-state index in [2.05, 4.69) is 10.3 Å². The van der Waals surface area contributed by atoms with Gasteiger partial charge in [0.05, 0.1) is 11.2 Å². The summed E-state index contributed by atoms with van der Waals surface area (Å²) in [5, 5.41) is 12.3. The number of carboxylic acids is 1. The van der Waals surface area contributed by atoms with Crippen molar-refractivity contribution in [3.63, 3.8) is 0 Å². The van der Waals surface area contributed by atoms with Gasteiger partial charge in [0.25, 0.3) is 5.91 Å². The van der Waals surface area contributed by atoms with Crippen LogP contribution in [-0.2, 0) is 16.0 Å². The lowest BCUT2D eigenvalue weighted by Crippen LogP contribution is -2.46. The van der Waals surface area contributed by atoms with Crippen molar-refractivity contribution in [2.24, 2.45) is 0 Å². The number of rotatable bonds is 8. The number of thiazole rings is 1. The van der Waals surface area contributed by atoms with Crippen molar-refractivity contribution in [2.45, 2.75) is 26.3 Å². The molecule has 0 bridgehead atoms. The van der Waals surface area contributed by atoms with E-state index in [1.807, 2.05) is 0 Å². The molecule has 1 heterocycles. The van der Waals surface area contributed by atoms with Gasteiger partial charge in [-0.15, -0.1) is 11.3 Å². The minimum atomic E-state index is -1.15. The number of nitrogens with zero attached hydrogens (tertiary/aromatic N) is 2. The quantitative estimate of drug-likeness (QED) is 0.714. The Balaban J connectivity index is 2.14. The molecular weight excluding hydrogens is 373 g/mol. The number of carbonyl (C=O) groups excluding carboxylic acids is 2. The van der Waals surface area contributed by atoms with E-state index in [9.17, 15) is 23.9 Å². The van der Waals surface area contributed by atoms with Crippen LogP contribution in [0.15, 0.2) is 30.5 Å². The Hall–Kier alpha value is -2.81. The molecule has 0 aliphatic heterocycles. The first kappa shape index (κ1) is 20.5. The van der Waals surface area contributed by atoms with E-state index in [0.29, 0.717) is 10.6 Å². The average Bonchev–Trinajstić information content (AvgIpc) is 3.08. The van der Waals surface area contributed by atoms with Gasteiger partial charge in [-0.1, -0.05) is 18.2 Å². The van der Waals surface area contributed by atoms with Crippen LogP contribution in [0.2, 0.25) is 0 Å². The maximum Gasteiger partial charge on any atom is 0.326 e. The van der Waals surface area contributed by atoms with Gasteiger partial charge in [0.1, 0.15) is 16.7 Å². The lowest BCUT2D eigenvalue weighted by molar-refractivity contribution is -0.141. The second-order valence-electron chi connectivity index (χ2n) is 5.88. The largest absolute Gasteiger partial charge is 0.480 e. The van der Waals surface area contributed by atoms with Gasteiger partial charge in [-0.2, -0.15) is 0 Å². The highest BCUT2D eigenvalue weighted by atomic mass is 32.1. The maximum atomic E-state index is 13.8. The van der Waals surface area contributed by atoms with Crippen molar-refractivity contribution < 1.29 is 23.9 Å². The summed E-state index contributed by atoms with van der Waals surface area (Å²) in [6.45, 7) is 2.92. The van der Waals surface area contributed by atoms with Gasteiger partial charge < -0.3 is 15.3 Å². The third kappa shape index (κ3) is 5.58. The van der Waals surface area contributed by atoms with Gasteiger partial charge in [0.2, 0.25) is 5.91 Å². The number of carboxylic acid groups (broad SMARTS) is 1. The van der Waals surface area contributed by atoms with Crippen molar-refractivity contribution in [3.05, 3.63) is 51.7 Å². The molecule has 0 spiro atoms. The van der Waals surface area contributed by atoms with Crippen molar-refractivity contribution in [2.75, 3.05) is 13.1 Å². The van der Waals surface area contributed by atoms with Crippen LogP contribution in [0.4, 0.5) is 4.39 Å². The van der Waals surface area contributed by atoms with E-state index in [0.717, 1.165) is 11.3 Å². The number of hydrogen-bond donors (Lipinski definition) is 2. The molecular formula is C18H20FN3O4S. The first-order valence-corrected chi connectivity index (χ1v) is 9.07. The minimum absolute atomic E-state index is 0.0480. The minimum Gasteiger partial charge on any atom is -0.480 e. The van der Waals surface area contributed by atoms with E-state index in [1.165, 1.54) is 31.0 Å². The SMILES string of the molecule is CC(=O)NCCN(C(=O)c1cnc(Cc2ccccc2F)s1)C(C)C(=O)O. The van der Waals surface area contributed by atoms with Crippen molar-refractivity contribution in [3.8, 4) is 0 Å². The third-order valence-corrected chi connectivity index (χ3v) is 4.86. The summed E-state index contributed by atoms with van der Waals surface area (Å²) < 4.78 is 13.8. The number of amides is 2. The molecule has 144 valence electrons. The lowest BCUT2D eigenvalue weighted by Gasteiger charge is -2.25. The molecule has 7 nitrogen and oxygen atoms in total. The molecule has 2 rings (SSSR count). The second-order valence-corrected chi connectivity index (χ2v) is 7.00. The molecule has 27 heavy (non-hydrogen) atoms. The summed E-state index contributed by atoms with van der Waals surface area (Å²) in [6.07, 6.45) is 1.61. The normalized spacial score (nSPS) is 11.7. The zero-order chi connectivity index (χ0) is 20.0. The number of aliphatic carboxylic acids is 1. The van der Waals surface area contributed by atoms with Gasteiger partial charge in [0.15, 0.2) is 0 Å². The topological polar surface area (TPSA) is 99.6 Å². The lowest BCUT2D eigenvalue weighted by atomic mass is 10.1. The molecule has 0 saturated heterocycles. The molecule has 2 amide bonds. The molecule has 1 unspecified atom stereocenters. The fourth-order valence-corrected chi connectivity index (χ4v) is 3.29. The standard InChI is InChI=1S/C18H20FN3O4S/c1-11(18(25)26)22(8-7-20-12(2)23)17(24)15-10-21-16(27-15)9-13-5-3-4-6-14(13)19/h3-6,10-11H,7-9H2,1-2H3,(H,20,23)(H,25,26). The fraction of sp³-hybridized carbons (Fsp3) is 0.333. The number of aromatic nitrogens is 1. The first-order chi connectivity index (χ1) is 12.8. The first-order valence-electron chi connectivity index (χ1n) is 8.26. The smallest absolute Gasteiger partial charge is 0.326 e.